The molecule has 46 valence electrons. The molecule has 0 saturated carbocycles. The predicted octanol–water partition coefficient (Wildman–Crippen LogP) is -3.21. The normalized spacial score (nSPS) is 5.90. The van der Waals surface area contributed by atoms with E-state index in [4.69, 9.17) is 10.5 Å². The van der Waals surface area contributed by atoms with Crippen molar-refractivity contribution in [3.8, 4) is 12.1 Å². The van der Waals surface area contributed by atoms with Gasteiger partial charge in [0, 0.05) is 0 Å². The second-order valence-corrected chi connectivity index (χ2v) is 1.09. The van der Waals surface area contributed by atoms with Crippen molar-refractivity contribution in [2.24, 2.45) is 0 Å². The van der Waals surface area contributed by atoms with Crippen LogP contribution in [0.1, 0.15) is 0 Å². The van der Waals surface area contributed by atoms with E-state index in [1.54, 1.807) is 0 Å². The van der Waals surface area contributed by atoms with Gasteiger partial charge in [-0.25, -0.2) is 10.5 Å². The van der Waals surface area contributed by atoms with E-state index in [9.17, 15) is 4.79 Å². The third kappa shape index (κ3) is 3.88. The van der Waals surface area contributed by atoms with Gasteiger partial charge in [0.05, 0.1) is 7.11 Å². The first-order chi connectivity index (χ1) is 4.26. The number of nitrogens with zero attached hydrogens (tertiary/aromatic N) is 2. The van der Waals surface area contributed by atoms with E-state index in [2.05, 4.69) is 4.74 Å². The van der Waals surface area contributed by atoms with E-state index >= 15 is 0 Å². The van der Waals surface area contributed by atoms with Crippen LogP contribution in [0.15, 0.2) is 0 Å². The maximum Gasteiger partial charge on any atom is 1.00 e. The molecule has 0 aliphatic rings. The fourth-order valence-corrected chi connectivity index (χ4v) is 0.218. The molecule has 4 nitrogen and oxygen atoms in total. The van der Waals surface area contributed by atoms with Crippen LogP contribution in [0.3, 0.4) is 0 Å². The Kier molecular flexibility index (Phi) is 8.92. The Morgan fingerprint density at radius 1 is 1.50 bits per heavy atom. The van der Waals surface area contributed by atoms with Crippen LogP contribution in [0.25, 0.3) is 0 Å². The summed E-state index contributed by atoms with van der Waals surface area (Å²) in [6.45, 7) is 0. The Hall–Kier alpha value is -0.0436. The molecular formula is C5H3KN2O2. The predicted molar refractivity (Wildman–Crippen MR) is 26.5 cm³/mol. The molecule has 0 aliphatic carbocycles. The number of hydrogen-bond acceptors (Lipinski definition) is 4. The van der Waals surface area contributed by atoms with Gasteiger partial charge in [0.25, 0.3) is 0 Å². The van der Waals surface area contributed by atoms with Gasteiger partial charge in [0.15, 0.2) is 5.97 Å². The van der Waals surface area contributed by atoms with Crippen molar-refractivity contribution in [1.82, 2.24) is 0 Å². The van der Waals surface area contributed by atoms with Crippen molar-refractivity contribution in [3.05, 3.63) is 5.92 Å². The summed E-state index contributed by atoms with van der Waals surface area (Å²) < 4.78 is 4.07. The summed E-state index contributed by atoms with van der Waals surface area (Å²) in [4.78, 5) is 10.3. The number of nitriles is 2. The Bertz CT molecular complexity index is 177. The molecule has 0 fully saturated rings. The number of carbonyl (C=O) groups is 1. The number of hydrogen-bond donors (Lipinski definition) is 0. The fraction of sp³-hybridized carbons (Fsp3) is 0.200. The van der Waals surface area contributed by atoms with Gasteiger partial charge < -0.3 is 4.74 Å². The van der Waals surface area contributed by atoms with Gasteiger partial charge in [-0.2, -0.15) is 0 Å². The molecule has 0 saturated heterocycles. The Balaban J connectivity index is 0. The number of rotatable bonds is 1. The molecule has 10 heavy (non-hydrogen) atoms. The molecular weight excluding hydrogens is 159 g/mol. The Morgan fingerprint density at radius 2 is 1.90 bits per heavy atom. The first-order valence-corrected chi connectivity index (χ1v) is 2.01. The maximum absolute atomic E-state index is 10.3. The van der Waals surface area contributed by atoms with Crippen LogP contribution in [-0.2, 0) is 9.53 Å². The minimum Gasteiger partial charge on any atom is -0.489 e. The van der Waals surface area contributed by atoms with Gasteiger partial charge in [-0.05, 0) is 0 Å². The molecule has 0 atom stereocenters. The average molecular weight is 162 g/mol. The van der Waals surface area contributed by atoms with Gasteiger partial charge in [0.1, 0.15) is 0 Å². The molecule has 0 amide bonds. The Labute approximate surface area is 101 Å². The molecule has 0 radical (unpaired) electrons. The van der Waals surface area contributed by atoms with Crippen molar-refractivity contribution in [1.29, 1.82) is 10.5 Å². The van der Waals surface area contributed by atoms with Gasteiger partial charge in [0.2, 0.25) is 0 Å². The molecule has 0 N–H and O–H groups in total. The summed E-state index contributed by atoms with van der Waals surface area (Å²) in [6, 6.07) is 2.77. The van der Waals surface area contributed by atoms with Gasteiger partial charge in [-0.3, -0.25) is 4.79 Å². The summed E-state index contributed by atoms with van der Waals surface area (Å²) in [5, 5.41) is 16.0. The summed E-state index contributed by atoms with van der Waals surface area (Å²) in [5.41, 5.74) is 0. The number of carbonyl (C=O) groups excluding carboxylic acids is 1. The smallest absolute Gasteiger partial charge is 0.489 e. The number of ether oxygens (including phenoxy) is 1. The third-order valence-electron chi connectivity index (χ3n) is 0.613. The van der Waals surface area contributed by atoms with Gasteiger partial charge in [-0.1, -0.05) is 18.1 Å². The van der Waals surface area contributed by atoms with Crippen LogP contribution in [0.5, 0.6) is 0 Å². The third-order valence-corrected chi connectivity index (χ3v) is 0.613. The summed E-state index contributed by atoms with van der Waals surface area (Å²) in [5.74, 6) is -1.42. The van der Waals surface area contributed by atoms with Crippen molar-refractivity contribution >= 4 is 5.97 Å². The van der Waals surface area contributed by atoms with Crippen LogP contribution in [0, 0.1) is 28.6 Å². The molecule has 0 rings (SSSR count). The molecule has 0 aromatic rings. The molecule has 0 aromatic heterocycles. The van der Waals surface area contributed by atoms with Crippen molar-refractivity contribution in [2.45, 2.75) is 0 Å². The first kappa shape index (κ1) is 12.6. The monoisotopic (exact) mass is 162 g/mol. The zero-order valence-corrected chi connectivity index (χ0v) is 8.83. The van der Waals surface area contributed by atoms with Gasteiger partial charge in [-0.15, -0.1) is 0 Å². The maximum atomic E-state index is 10.3. The second kappa shape index (κ2) is 7.07. The second-order valence-electron chi connectivity index (χ2n) is 1.09. The molecule has 0 aromatic carbocycles. The molecule has 0 aliphatic heterocycles. The summed E-state index contributed by atoms with van der Waals surface area (Å²) in [7, 11) is 1.11. The van der Waals surface area contributed by atoms with Crippen molar-refractivity contribution in [2.75, 3.05) is 7.11 Å². The van der Waals surface area contributed by atoms with Crippen LogP contribution >= 0.6 is 0 Å². The molecule has 0 heterocycles. The molecule has 0 unspecified atom stereocenters. The fourth-order valence-electron chi connectivity index (χ4n) is 0.218. The van der Waals surface area contributed by atoms with E-state index in [1.165, 1.54) is 12.1 Å². The van der Waals surface area contributed by atoms with Crippen molar-refractivity contribution < 1.29 is 60.9 Å². The average Bonchev–Trinajstić information content (AvgIpc) is 1.90. The van der Waals surface area contributed by atoms with E-state index in [-0.39, 0.29) is 51.4 Å². The number of esters is 1. The van der Waals surface area contributed by atoms with E-state index < -0.39 is 11.9 Å². The van der Waals surface area contributed by atoms with E-state index in [0.717, 1.165) is 7.11 Å². The minimum absolute atomic E-state index is 0. The van der Waals surface area contributed by atoms with Crippen LogP contribution in [0.2, 0.25) is 0 Å². The topological polar surface area (TPSA) is 73.9 Å². The molecule has 5 heteroatoms. The van der Waals surface area contributed by atoms with Crippen molar-refractivity contribution in [3.63, 3.8) is 0 Å². The summed E-state index contributed by atoms with van der Waals surface area (Å²) >= 11 is 0. The Morgan fingerprint density at radius 3 is 2.00 bits per heavy atom. The molecule has 0 spiro atoms. The standard InChI is InChI=1S/C5H3N2O2.K/c1-9-5(8)4(2-6)3-7;/h1H3;/q-1;+1. The minimum atomic E-state index is -0.889. The van der Waals surface area contributed by atoms with Crippen LogP contribution < -0.4 is 51.4 Å². The SMILES string of the molecule is COC(=O)[C-](C#N)C#N.[K+]. The van der Waals surface area contributed by atoms with Crippen LogP contribution in [-0.4, -0.2) is 13.1 Å². The van der Waals surface area contributed by atoms with E-state index in [1.807, 2.05) is 0 Å². The van der Waals surface area contributed by atoms with Crippen LogP contribution in [0.4, 0.5) is 0 Å². The number of methoxy groups -OCH3 is 1. The molecule has 0 bridgehead atoms. The first-order valence-electron chi connectivity index (χ1n) is 2.01. The zero-order valence-electron chi connectivity index (χ0n) is 5.71. The zero-order chi connectivity index (χ0) is 7.28. The quantitative estimate of drug-likeness (QED) is 0.231. The van der Waals surface area contributed by atoms with E-state index in [0.29, 0.717) is 0 Å². The van der Waals surface area contributed by atoms with Gasteiger partial charge >= 0.3 is 51.4 Å². The largest absolute Gasteiger partial charge is 1.00 e. The summed E-state index contributed by atoms with van der Waals surface area (Å²) in [6.07, 6.45) is 0.